The number of nitrogens with zero attached hydrogens (tertiary/aromatic N) is 3. The van der Waals surface area contributed by atoms with Gasteiger partial charge in [0.2, 0.25) is 0 Å². The zero-order chi connectivity index (χ0) is 22.7. The highest BCUT2D eigenvalue weighted by Crippen LogP contribution is 2.37. The third kappa shape index (κ3) is 4.19. The van der Waals surface area contributed by atoms with Crippen LogP contribution in [0.5, 0.6) is 11.5 Å². The zero-order valence-corrected chi connectivity index (χ0v) is 18.1. The lowest BCUT2D eigenvalue weighted by molar-refractivity contribution is -0.125. The van der Waals surface area contributed by atoms with Gasteiger partial charge < -0.3 is 15.2 Å². The van der Waals surface area contributed by atoms with Crippen molar-refractivity contribution in [2.24, 2.45) is 0 Å². The van der Waals surface area contributed by atoms with Crippen LogP contribution in [0.15, 0.2) is 53.6 Å². The summed E-state index contributed by atoms with van der Waals surface area (Å²) in [5.41, 5.74) is 7.16. The molecule has 0 amide bonds. The van der Waals surface area contributed by atoms with Crippen molar-refractivity contribution in [3.63, 3.8) is 0 Å². The van der Waals surface area contributed by atoms with Crippen LogP contribution < -0.4 is 15.2 Å². The van der Waals surface area contributed by atoms with Gasteiger partial charge in [0.05, 0.1) is 11.3 Å². The summed E-state index contributed by atoms with van der Waals surface area (Å²) in [6.07, 6.45) is -0.772. The van der Waals surface area contributed by atoms with Crippen LogP contribution in [0.1, 0.15) is 11.1 Å². The minimum atomic E-state index is -0.772. The van der Waals surface area contributed by atoms with Gasteiger partial charge in [-0.1, -0.05) is 47.6 Å². The maximum Gasteiger partial charge on any atom is 0.191 e. The summed E-state index contributed by atoms with van der Waals surface area (Å²) in [7, 11) is 0. The molecule has 0 aliphatic carbocycles. The quantitative estimate of drug-likeness (QED) is 0.559. The van der Waals surface area contributed by atoms with Gasteiger partial charge in [-0.2, -0.15) is 10.5 Å². The van der Waals surface area contributed by atoms with Crippen molar-refractivity contribution in [3.05, 3.63) is 64.7 Å². The van der Waals surface area contributed by atoms with Gasteiger partial charge in [-0.05, 0) is 29.8 Å². The molecule has 2 N–H and O–H groups in total. The molecule has 1 aliphatic heterocycles. The van der Waals surface area contributed by atoms with Crippen LogP contribution in [0.4, 0.5) is 5.82 Å². The van der Waals surface area contributed by atoms with Gasteiger partial charge in [-0.3, -0.25) is 4.79 Å². The second-order valence-corrected chi connectivity index (χ2v) is 8.18. The normalized spacial score (nSPS) is 14.3. The zero-order valence-electron chi connectivity index (χ0n) is 16.5. The number of aromatic nitrogens is 1. The minimum Gasteiger partial charge on any atom is -0.485 e. The first kappa shape index (κ1) is 21.5. The Labute approximate surface area is 193 Å². The van der Waals surface area contributed by atoms with E-state index in [1.807, 2.05) is 12.1 Å². The minimum absolute atomic E-state index is 0.0157. The van der Waals surface area contributed by atoms with E-state index in [-0.39, 0.29) is 40.1 Å². The number of Topliss-reactive ketones (excluding diaryl/α,β-unsaturated/α-hetero) is 1. The number of fused-ring (bicyclic) bond motifs is 1. The summed E-state index contributed by atoms with van der Waals surface area (Å²) in [5.74, 6) is 0.829. The molecule has 1 aliphatic rings. The maximum atomic E-state index is 12.8. The molecule has 0 radical (unpaired) electrons. The van der Waals surface area contributed by atoms with E-state index in [0.717, 1.165) is 11.8 Å². The van der Waals surface area contributed by atoms with Crippen LogP contribution >= 0.6 is 23.4 Å². The maximum absolute atomic E-state index is 12.8. The first-order valence-corrected chi connectivity index (χ1v) is 10.8. The van der Waals surface area contributed by atoms with E-state index in [1.165, 1.54) is 0 Å². The molecule has 1 aromatic heterocycles. The molecular formula is C23H15ClN4O3S. The number of anilines is 1. The van der Waals surface area contributed by atoms with E-state index in [2.05, 4.69) is 11.1 Å². The Morgan fingerprint density at radius 2 is 1.91 bits per heavy atom. The smallest absolute Gasteiger partial charge is 0.191 e. The number of nitrogen functional groups attached to an aromatic ring is 1. The Kier molecular flexibility index (Phi) is 6.18. The molecule has 2 heterocycles. The molecule has 0 fully saturated rings. The number of nitrogens with two attached hydrogens (primary N) is 1. The van der Waals surface area contributed by atoms with E-state index in [9.17, 15) is 15.3 Å². The number of hydrogen-bond acceptors (Lipinski definition) is 8. The van der Waals surface area contributed by atoms with E-state index in [1.54, 1.807) is 42.5 Å². The van der Waals surface area contributed by atoms with Crippen molar-refractivity contribution in [1.82, 2.24) is 4.98 Å². The monoisotopic (exact) mass is 462 g/mol. The van der Waals surface area contributed by atoms with Gasteiger partial charge in [0, 0.05) is 10.6 Å². The third-order valence-electron chi connectivity index (χ3n) is 4.75. The molecule has 32 heavy (non-hydrogen) atoms. The van der Waals surface area contributed by atoms with Gasteiger partial charge in [0.25, 0.3) is 0 Å². The molecule has 0 bridgehead atoms. The van der Waals surface area contributed by atoms with Crippen molar-refractivity contribution >= 4 is 35.0 Å². The Balaban J connectivity index is 1.61. The first-order chi connectivity index (χ1) is 15.5. The fourth-order valence-corrected chi connectivity index (χ4v) is 4.36. The number of thioether (sulfide) groups is 1. The van der Waals surface area contributed by atoms with Gasteiger partial charge in [0.1, 0.15) is 35.2 Å². The van der Waals surface area contributed by atoms with Crippen LogP contribution in [0.3, 0.4) is 0 Å². The summed E-state index contributed by atoms with van der Waals surface area (Å²) in [5, 5.41) is 20.2. The van der Waals surface area contributed by atoms with Crippen molar-refractivity contribution in [2.75, 3.05) is 18.1 Å². The number of halogens is 1. The van der Waals surface area contributed by atoms with E-state index >= 15 is 0 Å². The number of ether oxygens (including phenoxy) is 2. The molecule has 158 valence electrons. The lowest BCUT2D eigenvalue weighted by Crippen LogP contribution is -2.37. The Morgan fingerprint density at radius 3 is 2.62 bits per heavy atom. The average molecular weight is 463 g/mol. The average Bonchev–Trinajstić information content (AvgIpc) is 2.81. The van der Waals surface area contributed by atoms with Gasteiger partial charge in [-0.25, -0.2) is 4.98 Å². The molecule has 1 atom stereocenters. The van der Waals surface area contributed by atoms with Crippen LogP contribution in [0.2, 0.25) is 5.02 Å². The molecule has 0 saturated carbocycles. The number of para-hydroxylation sites is 2. The summed E-state index contributed by atoms with van der Waals surface area (Å²) in [6.45, 7) is 0.0955. The van der Waals surface area contributed by atoms with Crippen molar-refractivity contribution in [2.45, 2.75) is 11.1 Å². The van der Waals surface area contributed by atoms with Crippen LogP contribution in [0.25, 0.3) is 11.1 Å². The number of hydrogen-bond donors (Lipinski definition) is 1. The van der Waals surface area contributed by atoms with E-state index in [4.69, 9.17) is 26.8 Å². The predicted molar refractivity (Wildman–Crippen MR) is 121 cm³/mol. The lowest BCUT2D eigenvalue weighted by Gasteiger charge is -2.25. The van der Waals surface area contributed by atoms with Crippen molar-refractivity contribution < 1.29 is 14.3 Å². The summed E-state index contributed by atoms with van der Waals surface area (Å²) in [4.78, 5) is 17.0. The van der Waals surface area contributed by atoms with E-state index < -0.39 is 6.10 Å². The fraction of sp³-hybridized carbons (Fsp3) is 0.130. The van der Waals surface area contributed by atoms with Gasteiger partial charge in [-0.15, -0.1) is 0 Å². The second-order valence-electron chi connectivity index (χ2n) is 6.78. The summed E-state index contributed by atoms with van der Waals surface area (Å²) < 4.78 is 11.3. The number of pyridine rings is 1. The Bertz CT molecular complexity index is 1300. The molecule has 2 aromatic carbocycles. The standard InChI is InChI=1S/C23H15ClN4O3S/c24-14-5-3-4-13(8-14)21-15(9-25)22(27)28-23(16(21)10-26)32-12-17(29)20-11-30-18-6-1-2-7-19(18)31-20/h1-8,20H,11-12H2,(H2,27,28). The summed E-state index contributed by atoms with van der Waals surface area (Å²) >= 11 is 7.16. The predicted octanol–water partition coefficient (Wildman–Crippen LogP) is 4.23. The number of carbonyl (C=O) groups excluding carboxylic acids is 1. The topological polar surface area (TPSA) is 122 Å². The molecule has 7 nitrogen and oxygen atoms in total. The van der Waals surface area contributed by atoms with Gasteiger partial charge in [0.15, 0.2) is 23.4 Å². The summed E-state index contributed by atoms with van der Waals surface area (Å²) in [6, 6.07) is 18.0. The highest BCUT2D eigenvalue weighted by atomic mass is 35.5. The molecule has 0 spiro atoms. The first-order valence-electron chi connectivity index (χ1n) is 9.45. The number of ketones is 1. The third-order valence-corrected chi connectivity index (χ3v) is 5.98. The Hall–Kier alpha value is -3.72. The SMILES string of the molecule is N#Cc1c(N)nc(SCC(=O)C2COc3ccccc3O2)c(C#N)c1-c1cccc(Cl)c1. The van der Waals surface area contributed by atoms with Crippen LogP contribution in [0, 0.1) is 22.7 Å². The number of carbonyl (C=O) groups is 1. The Morgan fingerprint density at radius 1 is 1.16 bits per heavy atom. The van der Waals surface area contributed by atoms with Crippen molar-refractivity contribution in [1.29, 1.82) is 10.5 Å². The van der Waals surface area contributed by atoms with E-state index in [0.29, 0.717) is 27.6 Å². The highest BCUT2D eigenvalue weighted by Gasteiger charge is 2.28. The molecule has 1 unspecified atom stereocenters. The largest absolute Gasteiger partial charge is 0.485 e. The molecule has 4 rings (SSSR count). The molecule has 3 aromatic rings. The highest BCUT2D eigenvalue weighted by molar-refractivity contribution is 8.00. The lowest BCUT2D eigenvalue weighted by atomic mass is 9.97. The van der Waals surface area contributed by atoms with Crippen LogP contribution in [-0.2, 0) is 4.79 Å². The van der Waals surface area contributed by atoms with Crippen LogP contribution in [-0.4, -0.2) is 29.2 Å². The second kappa shape index (κ2) is 9.19. The van der Waals surface area contributed by atoms with Crippen molar-refractivity contribution in [3.8, 4) is 34.8 Å². The number of nitriles is 2. The number of rotatable bonds is 5. The molecule has 0 saturated heterocycles. The fourth-order valence-electron chi connectivity index (χ4n) is 3.25. The molecular weight excluding hydrogens is 448 g/mol. The molecule has 9 heteroatoms. The number of benzene rings is 2. The van der Waals surface area contributed by atoms with Gasteiger partial charge >= 0.3 is 0 Å².